The van der Waals surface area contributed by atoms with Gasteiger partial charge in [0.2, 0.25) is 0 Å². The average molecular weight is 557 g/mol. The van der Waals surface area contributed by atoms with E-state index in [9.17, 15) is 14.4 Å². The molecule has 3 aromatic rings. The lowest BCUT2D eigenvalue weighted by molar-refractivity contribution is -0.139. The molecule has 0 bridgehead atoms. The van der Waals surface area contributed by atoms with Gasteiger partial charge in [0.1, 0.15) is 0 Å². The fourth-order valence-corrected chi connectivity index (χ4v) is 3.67. The number of benzene rings is 3. The van der Waals surface area contributed by atoms with Crippen LogP contribution in [0.15, 0.2) is 65.8 Å². The van der Waals surface area contributed by atoms with E-state index in [1.54, 1.807) is 43.3 Å². The highest BCUT2D eigenvalue weighted by atomic mass is 35.5. The Labute approximate surface area is 230 Å². The summed E-state index contributed by atoms with van der Waals surface area (Å²) in [7, 11) is 0. The van der Waals surface area contributed by atoms with Gasteiger partial charge >= 0.3 is 11.8 Å². The number of hydrogen-bond donors (Lipinski definition) is 3. The van der Waals surface area contributed by atoms with Crippen molar-refractivity contribution in [3.63, 3.8) is 0 Å². The molecule has 38 heavy (non-hydrogen) atoms. The van der Waals surface area contributed by atoms with Crippen molar-refractivity contribution in [3.8, 4) is 11.5 Å². The van der Waals surface area contributed by atoms with Crippen LogP contribution in [0.2, 0.25) is 10.0 Å². The molecule has 0 spiro atoms. The number of hydrazone groups is 1. The topological polar surface area (TPSA) is 118 Å². The summed E-state index contributed by atoms with van der Waals surface area (Å²) in [6, 6.07) is 17.2. The van der Waals surface area contributed by atoms with Gasteiger partial charge in [-0.2, -0.15) is 5.10 Å². The van der Waals surface area contributed by atoms with E-state index in [4.69, 9.17) is 32.7 Å². The summed E-state index contributed by atoms with van der Waals surface area (Å²) in [5.41, 5.74) is 5.17. The molecule has 0 unspecified atom stereocenters. The van der Waals surface area contributed by atoms with Crippen LogP contribution in [0.1, 0.15) is 23.6 Å². The fourth-order valence-electron chi connectivity index (χ4n) is 3.14. The van der Waals surface area contributed by atoms with Crippen molar-refractivity contribution < 1.29 is 23.9 Å². The number of hydrogen-bond acceptors (Lipinski definition) is 6. The molecule has 0 aromatic heterocycles. The minimum absolute atomic E-state index is 0.223. The third kappa shape index (κ3) is 9.10. The highest BCUT2D eigenvalue weighted by molar-refractivity contribution is 6.35. The molecular formula is C27H26Cl2N4O5. The first-order chi connectivity index (χ1) is 18.2. The van der Waals surface area contributed by atoms with E-state index in [1.807, 2.05) is 31.2 Å². The molecule has 198 valence electrons. The number of aryl methyl sites for hydroxylation is 1. The van der Waals surface area contributed by atoms with E-state index in [2.05, 4.69) is 21.2 Å². The second-order valence-electron chi connectivity index (χ2n) is 8.00. The first-order valence-corrected chi connectivity index (χ1v) is 12.3. The average Bonchev–Trinajstić information content (AvgIpc) is 2.87. The van der Waals surface area contributed by atoms with Crippen molar-refractivity contribution in [3.05, 3.63) is 87.4 Å². The summed E-state index contributed by atoms with van der Waals surface area (Å²) in [6.45, 7) is 4.05. The lowest BCUT2D eigenvalue weighted by Crippen LogP contribution is -2.37. The van der Waals surface area contributed by atoms with Crippen LogP contribution in [0.25, 0.3) is 0 Å². The zero-order valence-electron chi connectivity index (χ0n) is 20.7. The van der Waals surface area contributed by atoms with E-state index < -0.39 is 17.7 Å². The van der Waals surface area contributed by atoms with E-state index in [0.29, 0.717) is 39.4 Å². The Bertz CT molecular complexity index is 1310. The Hall–Kier alpha value is -4.08. The van der Waals surface area contributed by atoms with Crippen LogP contribution < -0.4 is 25.5 Å². The molecule has 0 aliphatic heterocycles. The van der Waals surface area contributed by atoms with Gasteiger partial charge in [-0.25, -0.2) is 5.43 Å². The first kappa shape index (κ1) is 28.5. The van der Waals surface area contributed by atoms with Crippen LogP contribution in [-0.2, 0) is 20.9 Å². The van der Waals surface area contributed by atoms with Crippen molar-refractivity contribution in [1.82, 2.24) is 10.7 Å². The molecule has 9 nitrogen and oxygen atoms in total. The number of ether oxygens (including phenoxy) is 2. The van der Waals surface area contributed by atoms with Gasteiger partial charge in [-0.3, -0.25) is 14.4 Å². The number of rotatable bonds is 10. The molecule has 0 atom stereocenters. The van der Waals surface area contributed by atoms with Crippen molar-refractivity contribution in [2.24, 2.45) is 5.10 Å². The largest absolute Gasteiger partial charge is 0.490 e. The van der Waals surface area contributed by atoms with Crippen LogP contribution in [0.4, 0.5) is 5.69 Å². The van der Waals surface area contributed by atoms with Gasteiger partial charge in [0.05, 0.1) is 12.8 Å². The van der Waals surface area contributed by atoms with Crippen molar-refractivity contribution >= 4 is 52.8 Å². The van der Waals surface area contributed by atoms with Crippen LogP contribution in [-0.4, -0.2) is 37.1 Å². The lowest BCUT2D eigenvalue weighted by Gasteiger charge is -2.13. The lowest BCUT2D eigenvalue weighted by atomic mass is 10.1. The molecular weight excluding hydrogens is 531 g/mol. The Morgan fingerprint density at radius 1 is 0.895 bits per heavy atom. The maximum absolute atomic E-state index is 12.3. The monoisotopic (exact) mass is 556 g/mol. The molecule has 0 aliphatic rings. The summed E-state index contributed by atoms with van der Waals surface area (Å²) >= 11 is 11.9. The number of halogens is 2. The smallest absolute Gasteiger partial charge is 0.329 e. The summed E-state index contributed by atoms with van der Waals surface area (Å²) < 4.78 is 11.2. The van der Waals surface area contributed by atoms with Crippen LogP contribution in [0, 0.1) is 6.92 Å². The molecule has 3 N–H and O–H groups in total. The van der Waals surface area contributed by atoms with Crippen molar-refractivity contribution in [2.45, 2.75) is 20.4 Å². The Balaban J connectivity index is 1.52. The molecule has 0 fully saturated rings. The Morgan fingerprint density at radius 3 is 2.29 bits per heavy atom. The van der Waals surface area contributed by atoms with Gasteiger partial charge in [0.15, 0.2) is 18.1 Å². The molecule has 3 aromatic carbocycles. The van der Waals surface area contributed by atoms with Gasteiger partial charge in [-0.1, -0.05) is 53.0 Å². The highest BCUT2D eigenvalue weighted by Gasteiger charge is 2.13. The second kappa shape index (κ2) is 14.0. The van der Waals surface area contributed by atoms with E-state index in [0.717, 1.165) is 11.1 Å². The predicted molar refractivity (Wildman–Crippen MR) is 147 cm³/mol. The number of nitrogens with zero attached hydrogens (tertiary/aromatic N) is 1. The minimum Gasteiger partial charge on any atom is -0.490 e. The number of carbonyl (C=O) groups is 3. The number of nitrogens with one attached hydrogen (secondary N) is 3. The zero-order valence-corrected chi connectivity index (χ0v) is 22.2. The molecule has 0 saturated carbocycles. The van der Waals surface area contributed by atoms with Gasteiger partial charge in [-0.05, 0) is 61.4 Å². The third-order valence-corrected chi connectivity index (χ3v) is 5.37. The Kier molecular flexibility index (Phi) is 10.5. The summed E-state index contributed by atoms with van der Waals surface area (Å²) in [5, 5.41) is 9.81. The summed E-state index contributed by atoms with van der Waals surface area (Å²) in [5.74, 6) is -1.41. The molecule has 0 heterocycles. The van der Waals surface area contributed by atoms with Gasteiger partial charge in [-0.15, -0.1) is 0 Å². The molecule has 3 amide bonds. The maximum Gasteiger partial charge on any atom is 0.329 e. The van der Waals surface area contributed by atoms with Crippen LogP contribution in [0.3, 0.4) is 0 Å². The number of anilines is 1. The summed E-state index contributed by atoms with van der Waals surface area (Å²) in [6.07, 6.45) is 1.35. The highest BCUT2D eigenvalue weighted by Crippen LogP contribution is 2.28. The summed E-state index contributed by atoms with van der Waals surface area (Å²) in [4.78, 5) is 36.3. The second-order valence-corrected chi connectivity index (χ2v) is 8.87. The van der Waals surface area contributed by atoms with Crippen LogP contribution >= 0.6 is 23.2 Å². The van der Waals surface area contributed by atoms with E-state index in [-0.39, 0.29) is 13.2 Å². The molecule has 0 saturated heterocycles. The van der Waals surface area contributed by atoms with E-state index in [1.165, 1.54) is 6.21 Å². The molecule has 0 aliphatic carbocycles. The molecule has 0 radical (unpaired) electrons. The van der Waals surface area contributed by atoms with Gasteiger partial charge in [0.25, 0.3) is 5.91 Å². The first-order valence-electron chi connectivity index (χ1n) is 11.6. The minimum atomic E-state index is -0.898. The van der Waals surface area contributed by atoms with Crippen LogP contribution in [0.5, 0.6) is 11.5 Å². The molecule has 3 rings (SSSR count). The number of carbonyl (C=O) groups excluding carboxylic acids is 3. The zero-order chi connectivity index (χ0) is 27.5. The fraction of sp³-hybridized carbons (Fsp3) is 0.185. The normalized spacial score (nSPS) is 10.6. The third-order valence-electron chi connectivity index (χ3n) is 4.93. The quantitative estimate of drug-likeness (QED) is 0.193. The maximum atomic E-state index is 12.3. The number of amides is 3. The Morgan fingerprint density at radius 2 is 1.61 bits per heavy atom. The SMILES string of the molecule is CCOc1cc(/C=N\NC(=O)C(=O)NCc2ccc(C)cc2)ccc1OCC(=O)Nc1cc(Cl)cc(Cl)c1. The van der Waals surface area contributed by atoms with Gasteiger partial charge < -0.3 is 20.1 Å². The van der Waals surface area contributed by atoms with Gasteiger partial charge in [0, 0.05) is 22.3 Å². The van der Waals surface area contributed by atoms with Crippen molar-refractivity contribution in [2.75, 3.05) is 18.5 Å². The van der Waals surface area contributed by atoms with E-state index >= 15 is 0 Å². The van der Waals surface area contributed by atoms with Crippen molar-refractivity contribution in [1.29, 1.82) is 0 Å². The predicted octanol–water partition coefficient (Wildman–Crippen LogP) is 4.48. The standard InChI is InChI=1S/C27H26Cl2N4O5/c1-3-37-24-10-19(15-31-33-27(36)26(35)30-14-18-6-4-17(2)5-7-18)8-9-23(24)38-16-25(34)32-22-12-20(28)11-21(29)13-22/h4-13,15H,3,14,16H2,1-2H3,(H,30,35)(H,32,34)(H,33,36)/b31-15-. The molecule has 11 heteroatoms.